The average Bonchev–Trinajstić information content (AvgIpc) is 2.62. The van der Waals surface area contributed by atoms with Crippen molar-refractivity contribution >= 4 is 5.78 Å². The van der Waals surface area contributed by atoms with E-state index in [1.165, 1.54) is 6.07 Å². The molecule has 2 aliphatic heterocycles. The number of fused-ring (bicyclic) bond motifs is 3. The van der Waals surface area contributed by atoms with Crippen molar-refractivity contribution in [3.63, 3.8) is 0 Å². The summed E-state index contributed by atoms with van der Waals surface area (Å²) >= 11 is 0. The number of ketones is 1. The number of ether oxygens (including phenoxy) is 2. The van der Waals surface area contributed by atoms with E-state index in [1.54, 1.807) is 13.8 Å². The lowest BCUT2D eigenvalue weighted by atomic mass is 9.80. The molecule has 0 amide bonds. The predicted molar refractivity (Wildman–Crippen MR) is 90.1 cm³/mol. The van der Waals surface area contributed by atoms with Crippen molar-refractivity contribution in [2.45, 2.75) is 39.1 Å². The molecule has 1 fully saturated rings. The number of rotatable bonds is 4. The summed E-state index contributed by atoms with van der Waals surface area (Å²) in [7, 11) is -5.91. The fraction of sp³-hybridized carbons (Fsp3) is 0.632. The first-order valence-electron chi connectivity index (χ1n) is 13.1. The van der Waals surface area contributed by atoms with E-state index in [2.05, 4.69) is 0 Å². The van der Waals surface area contributed by atoms with Gasteiger partial charge >= 0.3 is 0 Å². The normalized spacial score (nSPS) is 40.0. The van der Waals surface area contributed by atoms with Gasteiger partial charge in [-0.25, -0.2) is 0 Å². The van der Waals surface area contributed by atoms with E-state index in [-0.39, 0.29) is 36.6 Å². The Morgan fingerprint density at radius 2 is 2.13 bits per heavy atom. The van der Waals surface area contributed by atoms with Crippen LogP contribution in [0.2, 0.25) is 0 Å². The van der Waals surface area contributed by atoms with Gasteiger partial charge in [0, 0.05) is 38.2 Å². The van der Waals surface area contributed by atoms with Crippen LogP contribution in [-0.4, -0.2) is 37.8 Å². The van der Waals surface area contributed by atoms with Gasteiger partial charge in [0.15, 0.2) is 11.5 Å². The fourth-order valence-electron chi connectivity index (χ4n) is 3.04. The molecule has 2 atom stereocenters. The van der Waals surface area contributed by atoms with Crippen LogP contribution < -0.4 is 9.47 Å². The third-order valence-corrected chi connectivity index (χ3v) is 4.09. The Kier molecular flexibility index (Phi) is 2.14. The minimum atomic E-state index is -2.99. The molecule has 2 heterocycles. The lowest BCUT2D eigenvalue weighted by molar-refractivity contribution is -0.129. The zero-order valence-electron chi connectivity index (χ0n) is 24.1. The minimum Gasteiger partial charge on any atom is -0.493 e. The molecular formula is C19H27NO3. The molecule has 4 heteroatoms. The van der Waals surface area contributed by atoms with Crippen molar-refractivity contribution in [2.75, 3.05) is 27.1 Å². The molecule has 1 saturated heterocycles. The summed E-state index contributed by atoms with van der Waals surface area (Å²) in [6.45, 7) is 0.861. The van der Waals surface area contributed by atoms with Crippen LogP contribution in [0.5, 0.6) is 11.5 Å². The van der Waals surface area contributed by atoms with Crippen LogP contribution in [0.4, 0.5) is 0 Å². The molecule has 0 radical (unpaired) electrons. The lowest BCUT2D eigenvalue weighted by Crippen LogP contribution is -2.46. The molecule has 0 saturated carbocycles. The van der Waals surface area contributed by atoms with Gasteiger partial charge in [0.25, 0.3) is 0 Å². The van der Waals surface area contributed by atoms with Gasteiger partial charge in [-0.15, -0.1) is 0 Å². The average molecular weight is 328 g/mol. The molecule has 0 spiro atoms. The van der Waals surface area contributed by atoms with E-state index in [0.29, 0.717) is 5.56 Å². The van der Waals surface area contributed by atoms with E-state index >= 15 is 0 Å². The number of hydrogen-bond donors (Lipinski definition) is 0. The highest BCUT2D eigenvalue weighted by Gasteiger charge is 2.38. The maximum Gasteiger partial charge on any atom is 0.161 e. The Labute approximate surface area is 154 Å². The first-order valence-corrected chi connectivity index (χ1v) is 7.57. The third-order valence-electron chi connectivity index (χ3n) is 4.09. The number of benzene rings is 1. The van der Waals surface area contributed by atoms with Gasteiger partial charge in [0.2, 0.25) is 0 Å². The molecule has 1 aromatic rings. The van der Waals surface area contributed by atoms with E-state index < -0.39 is 50.4 Å². The number of carbonyl (C=O) groups excluding carboxylic acids is 1. The van der Waals surface area contributed by atoms with Gasteiger partial charge in [0.05, 0.1) is 22.3 Å². The minimum absolute atomic E-state index is 0.0527. The molecule has 1 aromatic carbocycles. The molecule has 0 N–H and O–H groups in total. The van der Waals surface area contributed by atoms with Crippen LogP contribution in [0.3, 0.4) is 0 Å². The zero-order valence-corrected chi connectivity index (χ0v) is 13.1. The van der Waals surface area contributed by atoms with Crippen LogP contribution in [0.1, 0.15) is 58.9 Å². The van der Waals surface area contributed by atoms with Crippen LogP contribution in [0.15, 0.2) is 12.1 Å². The van der Waals surface area contributed by atoms with Crippen LogP contribution in [0, 0.1) is 11.8 Å². The second-order valence-corrected chi connectivity index (χ2v) is 6.21. The summed E-state index contributed by atoms with van der Waals surface area (Å²) in [4.78, 5) is 14.4. The standard InChI is InChI=1S/C19H27NO3/c1-12(2)7-14-11-20-6-5-13-8-18(22-3)19(23-4)9-15(13)16(20)10-17(14)21/h8-9,12,14,16H,5-7,10-11H2,1-4H3/i3D3,4D3,10D2,11D2,14D. The summed E-state index contributed by atoms with van der Waals surface area (Å²) in [5.74, 6) is -4.69. The topological polar surface area (TPSA) is 38.8 Å². The van der Waals surface area contributed by atoms with E-state index in [9.17, 15) is 4.79 Å². The predicted octanol–water partition coefficient (Wildman–Crippen LogP) is 3.24. The fourth-order valence-corrected chi connectivity index (χ4v) is 3.04. The first-order chi connectivity index (χ1) is 15.2. The largest absolute Gasteiger partial charge is 0.493 e. The highest BCUT2D eigenvalue weighted by Crippen LogP contribution is 2.42. The number of Topliss-reactive ketones (excluding diaryl/α,β-unsaturated/α-hetero) is 1. The van der Waals surface area contributed by atoms with Gasteiger partial charge in [-0.1, -0.05) is 13.8 Å². The van der Waals surface area contributed by atoms with Gasteiger partial charge in [0.1, 0.15) is 5.78 Å². The molecule has 2 unspecified atom stereocenters. The molecule has 3 rings (SSSR count). The van der Waals surface area contributed by atoms with Crippen molar-refractivity contribution in [1.29, 1.82) is 0 Å². The Balaban J connectivity index is 2.20. The molecule has 0 aliphatic carbocycles. The Bertz CT molecular complexity index is 973. The molecule has 0 bridgehead atoms. The molecule has 4 nitrogen and oxygen atoms in total. The number of carbonyl (C=O) groups is 1. The van der Waals surface area contributed by atoms with Crippen LogP contribution in [0.25, 0.3) is 0 Å². The van der Waals surface area contributed by atoms with E-state index in [1.807, 2.05) is 0 Å². The first kappa shape index (κ1) is 7.56. The van der Waals surface area contributed by atoms with Crippen molar-refractivity contribution in [3.05, 3.63) is 23.3 Å². The Morgan fingerprint density at radius 1 is 1.39 bits per heavy atom. The maximum atomic E-state index is 13.3. The Morgan fingerprint density at radius 3 is 2.83 bits per heavy atom. The second kappa shape index (κ2) is 6.52. The van der Waals surface area contributed by atoms with Gasteiger partial charge < -0.3 is 9.47 Å². The van der Waals surface area contributed by atoms with Crippen molar-refractivity contribution in [1.82, 2.24) is 4.90 Å². The zero-order chi connectivity index (χ0) is 26.1. The highest BCUT2D eigenvalue weighted by molar-refractivity contribution is 5.83. The molecule has 23 heavy (non-hydrogen) atoms. The smallest absolute Gasteiger partial charge is 0.161 e. The number of piperidine rings is 1. The number of hydrogen-bond acceptors (Lipinski definition) is 4. The van der Waals surface area contributed by atoms with Crippen molar-refractivity contribution in [2.24, 2.45) is 11.8 Å². The maximum absolute atomic E-state index is 13.3. The van der Waals surface area contributed by atoms with E-state index in [0.717, 1.165) is 11.0 Å². The number of nitrogens with zero attached hydrogens (tertiary/aromatic N) is 1. The summed E-state index contributed by atoms with van der Waals surface area (Å²) < 4.78 is 97.5. The second-order valence-electron chi connectivity index (χ2n) is 6.21. The van der Waals surface area contributed by atoms with Crippen LogP contribution in [-0.2, 0) is 11.2 Å². The molecule has 126 valence electrons. The monoisotopic (exact) mass is 328 g/mol. The third kappa shape index (κ3) is 3.09. The molecular weight excluding hydrogens is 290 g/mol. The van der Waals surface area contributed by atoms with E-state index in [4.69, 9.17) is 24.6 Å². The molecule has 2 aliphatic rings. The summed E-state index contributed by atoms with van der Waals surface area (Å²) in [5, 5.41) is 0. The highest BCUT2D eigenvalue weighted by atomic mass is 16.5. The van der Waals surface area contributed by atoms with Gasteiger partial charge in [-0.2, -0.15) is 0 Å². The molecule has 0 aromatic heterocycles. The Hall–Kier alpha value is -1.55. The quantitative estimate of drug-likeness (QED) is 0.850. The SMILES string of the molecule is [2H]C([2H])([2H])Oc1cc2c(cc1OC([2H])([2H])[2H])C1N(CC2)C([2H])([2H])C([2H])(CC(C)C)C(=O)C1([2H])[2H]. The van der Waals surface area contributed by atoms with Crippen LogP contribution >= 0.6 is 0 Å². The van der Waals surface area contributed by atoms with Crippen molar-refractivity contribution in [3.8, 4) is 11.5 Å². The summed E-state index contributed by atoms with van der Waals surface area (Å²) in [6.07, 6.45) is -2.76. The van der Waals surface area contributed by atoms with Gasteiger partial charge in [-0.05, 0) is 42.0 Å². The number of methoxy groups -OCH3 is 2. The van der Waals surface area contributed by atoms with Gasteiger partial charge in [-0.3, -0.25) is 9.69 Å². The van der Waals surface area contributed by atoms with Crippen molar-refractivity contribution < 1.29 is 29.3 Å². The summed E-state index contributed by atoms with van der Waals surface area (Å²) in [5.41, 5.74) is 0.449. The summed E-state index contributed by atoms with van der Waals surface area (Å²) in [6, 6.07) is 0.845. The lowest BCUT2D eigenvalue weighted by Gasteiger charge is -2.43.